The van der Waals surface area contributed by atoms with Crippen molar-refractivity contribution < 1.29 is 4.42 Å². The molecule has 4 nitrogen and oxygen atoms in total. The normalized spacial score (nSPS) is 16.6. The van der Waals surface area contributed by atoms with Crippen molar-refractivity contribution in [3.8, 4) is 45.3 Å². The minimum absolute atomic E-state index is 0.346. The Balaban J connectivity index is 1.31. The first-order valence-electron chi connectivity index (χ1n) is 15.3. The van der Waals surface area contributed by atoms with Crippen molar-refractivity contribution in [1.29, 1.82) is 0 Å². The second kappa shape index (κ2) is 10.4. The molecule has 2 aliphatic rings. The van der Waals surface area contributed by atoms with Crippen LogP contribution in [0.1, 0.15) is 17.0 Å². The lowest BCUT2D eigenvalue weighted by Gasteiger charge is -2.27. The van der Waals surface area contributed by atoms with Gasteiger partial charge in [-0.25, -0.2) is 15.0 Å². The van der Waals surface area contributed by atoms with Gasteiger partial charge in [0.15, 0.2) is 17.5 Å². The van der Waals surface area contributed by atoms with E-state index < -0.39 is 0 Å². The summed E-state index contributed by atoms with van der Waals surface area (Å²) < 4.78 is 6.35. The van der Waals surface area contributed by atoms with Crippen LogP contribution >= 0.6 is 0 Å². The summed E-state index contributed by atoms with van der Waals surface area (Å²) in [7, 11) is 0. The predicted octanol–water partition coefficient (Wildman–Crippen LogP) is 10.3. The van der Waals surface area contributed by atoms with Gasteiger partial charge in [0.1, 0.15) is 11.2 Å². The Bertz CT molecular complexity index is 2330. The van der Waals surface area contributed by atoms with Crippen molar-refractivity contribution in [1.82, 2.24) is 15.0 Å². The van der Waals surface area contributed by atoms with E-state index >= 15 is 0 Å². The largest absolute Gasteiger partial charge is 0.456 e. The lowest BCUT2D eigenvalue weighted by atomic mass is 9.77. The number of furan rings is 1. The molecule has 0 fully saturated rings. The van der Waals surface area contributed by atoms with Gasteiger partial charge in [-0.15, -0.1) is 0 Å². The zero-order valence-electron chi connectivity index (χ0n) is 24.3. The van der Waals surface area contributed by atoms with Crippen LogP contribution in [0.5, 0.6) is 0 Å². The first-order chi connectivity index (χ1) is 22.3. The van der Waals surface area contributed by atoms with Crippen LogP contribution < -0.4 is 0 Å². The molecular weight excluding hydrogens is 550 g/mol. The first-order valence-corrected chi connectivity index (χ1v) is 15.3. The highest BCUT2D eigenvalue weighted by molar-refractivity contribution is 6.15. The third-order valence-electron chi connectivity index (χ3n) is 8.90. The van der Waals surface area contributed by atoms with E-state index in [0.717, 1.165) is 49.8 Å². The second-order valence-electron chi connectivity index (χ2n) is 11.6. The van der Waals surface area contributed by atoms with Gasteiger partial charge in [-0.1, -0.05) is 127 Å². The molecule has 0 saturated carbocycles. The van der Waals surface area contributed by atoms with Gasteiger partial charge in [0.05, 0.1) is 0 Å². The van der Waals surface area contributed by atoms with E-state index in [2.05, 4.69) is 97.1 Å². The number of nitrogens with zero attached hydrogens (tertiary/aromatic N) is 3. The molecule has 0 bridgehead atoms. The van der Waals surface area contributed by atoms with E-state index in [1.807, 2.05) is 54.6 Å². The number of benzene rings is 5. The fourth-order valence-electron chi connectivity index (χ4n) is 6.74. The molecule has 2 heterocycles. The standard InChI is InChI=1S/C41H27N3O/c1-3-11-26(12-4-1)33-23-24-36-37(34-17-9-10-18-35(34)45-36)38(33)41-43-39(28-14-5-2-6-15-28)42-40(44-41)30-21-22-32-29(25-30)20-19-27-13-7-8-16-31(27)32/h1-25,27,31H. The molecule has 7 aromatic rings. The van der Waals surface area contributed by atoms with Gasteiger partial charge in [0, 0.05) is 39.3 Å². The molecule has 9 rings (SSSR count). The van der Waals surface area contributed by atoms with Crippen molar-refractivity contribution >= 4 is 28.0 Å². The molecule has 5 aromatic carbocycles. The number of aromatic nitrogens is 3. The van der Waals surface area contributed by atoms with Crippen LogP contribution in [0.2, 0.25) is 0 Å². The second-order valence-corrected chi connectivity index (χ2v) is 11.6. The van der Waals surface area contributed by atoms with Crippen LogP contribution in [0.15, 0.2) is 150 Å². The molecular formula is C41H27N3O. The Kier molecular flexibility index (Phi) is 5.91. The van der Waals surface area contributed by atoms with Crippen molar-refractivity contribution in [2.75, 3.05) is 0 Å². The topological polar surface area (TPSA) is 51.8 Å². The highest BCUT2D eigenvalue weighted by atomic mass is 16.3. The van der Waals surface area contributed by atoms with E-state index in [-0.39, 0.29) is 0 Å². The summed E-state index contributed by atoms with van der Waals surface area (Å²) in [4.78, 5) is 15.5. The van der Waals surface area contributed by atoms with Gasteiger partial charge in [0.25, 0.3) is 0 Å². The molecule has 212 valence electrons. The average molecular weight is 578 g/mol. The maximum atomic E-state index is 6.35. The highest BCUT2D eigenvalue weighted by Crippen LogP contribution is 2.43. The summed E-state index contributed by atoms with van der Waals surface area (Å²) in [5.74, 6) is 2.62. The molecule has 2 unspecified atom stereocenters. The fraction of sp³-hybridized carbons (Fsp3) is 0.0488. The minimum atomic E-state index is 0.346. The number of hydrogen-bond acceptors (Lipinski definition) is 4. The van der Waals surface area contributed by atoms with Gasteiger partial charge in [-0.2, -0.15) is 0 Å². The number of hydrogen-bond donors (Lipinski definition) is 0. The predicted molar refractivity (Wildman–Crippen MR) is 182 cm³/mol. The quantitative estimate of drug-likeness (QED) is 0.209. The molecule has 2 atom stereocenters. The summed E-state index contributed by atoms with van der Waals surface area (Å²) in [5.41, 5.74) is 9.12. The molecule has 0 amide bonds. The van der Waals surface area contributed by atoms with Crippen molar-refractivity contribution in [3.63, 3.8) is 0 Å². The number of para-hydroxylation sites is 1. The van der Waals surface area contributed by atoms with E-state index in [4.69, 9.17) is 19.4 Å². The third-order valence-corrected chi connectivity index (χ3v) is 8.90. The van der Waals surface area contributed by atoms with Crippen LogP contribution in [-0.4, -0.2) is 15.0 Å². The number of allylic oxidation sites excluding steroid dienone is 5. The molecule has 2 aromatic heterocycles. The number of fused-ring (bicyclic) bond motifs is 6. The van der Waals surface area contributed by atoms with Crippen molar-refractivity contribution in [3.05, 3.63) is 157 Å². The third kappa shape index (κ3) is 4.34. The van der Waals surface area contributed by atoms with Crippen LogP contribution in [0, 0.1) is 5.92 Å². The van der Waals surface area contributed by atoms with Gasteiger partial charge in [-0.05, 0) is 46.5 Å². The lowest BCUT2D eigenvalue weighted by Crippen LogP contribution is -2.13. The monoisotopic (exact) mass is 577 g/mol. The van der Waals surface area contributed by atoms with E-state index in [9.17, 15) is 0 Å². The molecule has 45 heavy (non-hydrogen) atoms. The Hall–Kier alpha value is -5.87. The van der Waals surface area contributed by atoms with Gasteiger partial charge in [-0.3, -0.25) is 0 Å². The summed E-state index contributed by atoms with van der Waals surface area (Å²) in [6.07, 6.45) is 13.4. The molecule has 0 spiro atoms. The van der Waals surface area contributed by atoms with Gasteiger partial charge < -0.3 is 4.42 Å². The Morgan fingerprint density at radius 2 is 1.24 bits per heavy atom. The average Bonchev–Trinajstić information content (AvgIpc) is 3.50. The zero-order valence-corrected chi connectivity index (χ0v) is 24.3. The Morgan fingerprint density at radius 1 is 0.533 bits per heavy atom. The van der Waals surface area contributed by atoms with Crippen LogP contribution in [0.3, 0.4) is 0 Å². The molecule has 0 radical (unpaired) electrons. The first kappa shape index (κ1) is 25.6. The van der Waals surface area contributed by atoms with Crippen LogP contribution in [-0.2, 0) is 0 Å². The van der Waals surface area contributed by atoms with Gasteiger partial charge in [0.2, 0.25) is 0 Å². The summed E-state index contributed by atoms with van der Waals surface area (Å²) in [5, 5.41) is 2.03. The maximum Gasteiger partial charge on any atom is 0.165 e. The minimum Gasteiger partial charge on any atom is -0.456 e. The van der Waals surface area contributed by atoms with E-state index in [1.54, 1.807) is 0 Å². The molecule has 4 heteroatoms. The van der Waals surface area contributed by atoms with E-state index in [0.29, 0.717) is 29.3 Å². The van der Waals surface area contributed by atoms with Crippen LogP contribution in [0.25, 0.3) is 73.3 Å². The molecule has 0 aliphatic heterocycles. The molecule has 0 N–H and O–H groups in total. The maximum absolute atomic E-state index is 6.35. The zero-order chi connectivity index (χ0) is 29.7. The van der Waals surface area contributed by atoms with Crippen molar-refractivity contribution in [2.45, 2.75) is 5.92 Å². The molecule has 2 aliphatic carbocycles. The van der Waals surface area contributed by atoms with E-state index in [1.165, 1.54) is 11.1 Å². The molecule has 0 saturated heterocycles. The SMILES string of the molecule is C1=CC2C=Cc3cc(-c4nc(-c5ccccc5)nc(-c5c(-c6ccccc6)ccc6oc7ccccc7c56)n4)ccc3C2C=C1. The smallest absolute Gasteiger partial charge is 0.165 e. The highest BCUT2D eigenvalue weighted by Gasteiger charge is 2.25. The summed E-state index contributed by atoms with van der Waals surface area (Å²) >= 11 is 0. The van der Waals surface area contributed by atoms with Gasteiger partial charge >= 0.3 is 0 Å². The Morgan fingerprint density at radius 3 is 2.09 bits per heavy atom. The van der Waals surface area contributed by atoms with Crippen molar-refractivity contribution in [2.24, 2.45) is 5.92 Å². The fourth-order valence-corrected chi connectivity index (χ4v) is 6.74. The Labute approximate surface area is 260 Å². The number of rotatable bonds is 4. The van der Waals surface area contributed by atoms with Crippen LogP contribution in [0.4, 0.5) is 0 Å². The summed E-state index contributed by atoms with van der Waals surface area (Å²) in [6, 6.07) is 39.5. The summed E-state index contributed by atoms with van der Waals surface area (Å²) in [6.45, 7) is 0. The lowest BCUT2D eigenvalue weighted by molar-refractivity contribution is 0.669.